The van der Waals surface area contributed by atoms with Crippen LogP contribution < -0.4 is 10.6 Å². The molecule has 0 bridgehead atoms. The third-order valence-corrected chi connectivity index (χ3v) is 2.89. The van der Waals surface area contributed by atoms with Crippen LogP contribution in [0.5, 0.6) is 0 Å². The molecule has 1 unspecified atom stereocenters. The van der Waals surface area contributed by atoms with E-state index >= 15 is 0 Å². The Balaban J connectivity index is 1.83. The van der Waals surface area contributed by atoms with Crippen LogP contribution >= 0.6 is 0 Å². The van der Waals surface area contributed by atoms with Crippen molar-refractivity contribution in [2.24, 2.45) is 0 Å². The molecule has 0 radical (unpaired) electrons. The van der Waals surface area contributed by atoms with E-state index in [1.165, 1.54) is 12.8 Å². The summed E-state index contributed by atoms with van der Waals surface area (Å²) in [5.41, 5.74) is 0. The van der Waals surface area contributed by atoms with Crippen LogP contribution in [-0.2, 0) is 4.74 Å². The third kappa shape index (κ3) is 3.56. The summed E-state index contributed by atoms with van der Waals surface area (Å²) in [4.78, 5) is 8.59. The van der Waals surface area contributed by atoms with Crippen molar-refractivity contribution in [3.05, 3.63) is 11.9 Å². The van der Waals surface area contributed by atoms with E-state index in [4.69, 9.17) is 4.74 Å². The molecule has 1 atom stereocenters. The van der Waals surface area contributed by atoms with Crippen LogP contribution in [0.25, 0.3) is 0 Å². The highest BCUT2D eigenvalue weighted by atomic mass is 16.5. The van der Waals surface area contributed by atoms with E-state index < -0.39 is 0 Å². The van der Waals surface area contributed by atoms with E-state index in [0.29, 0.717) is 6.10 Å². The first-order chi connectivity index (χ1) is 8.28. The molecule has 2 rings (SSSR count). The van der Waals surface area contributed by atoms with Crippen molar-refractivity contribution in [1.29, 1.82) is 0 Å². The highest BCUT2D eigenvalue weighted by Gasteiger charge is 2.14. The summed E-state index contributed by atoms with van der Waals surface area (Å²) in [5, 5.41) is 6.34. The number of nitrogens with one attached hydrogen (secondary N) is 2. The van der Waals surface area contributed by atoms with E-state index in [-0.39, 0.29) is 0 Å². The van der Waals surface area contributed by atoms with E-state index in [2.05, 4.69) is 20.6 Å². The minimum absolute atomic E-state index is 0.425. The predicted molar refractivity (Wildman–Crippen MR) is 68.4 cm³/mol. The summed E-state index contributed by atoms with van der Waals surface area (Å²) in [5.74, 6) is 2.49. The predicted octanol–water partition coefficient (Wildman–Crippen LogP) is 1.81. The molecule has 5 heteroatoms. The minimum Gasteiger partial charge on any atom is -0.378 e. The molecule has 94 valence electrons. The van der Waals surface area contributed by atoms with Crippen molar-refractivity contribution in [2.45, 2.75) is 32.3 Å². The third-order valence-electron chi connectivity index (χ3n) is 2.89. The molecule has 1 aliphatic heterocycles. The lowest BCUT2D eigenvalue weighted by Crippen LogP contribution is -2.13. The molecule has 2 heterocycles. The number of aromatic nitrogens is 2. The Bertz CT molecular complexity index is 364. The highest BCUT2D eigenvalue weighted by Crippen LogP contribution is 2.16. The topological polar surface area (TPSA) is 59.1 Å². The Kier molecular flexibility index (Phi) is 4.14. The molecule has 0 saturated carbocycles. The number of anilines is 2. The highest BCUT2D eigenvalue weighted by molar-refractivity contribution is 5.46. The van der Waals surface area contributed by atoms with Crippen LogP contribution in [-0.4, -0.2) is 36.3 Å². The van der Waals surface area contributed by atoms with Gasteiger partial charge in [-0.2, -0.15) is 0 Å². The van der Waals surface area contributed by atoms with Gasteiger partial charge in [0.1, 0.15) is 17.5 Å². The van der Waals surface area contributed by atoms with Crippen LogP contribution in [0, 0.1) is 6.92 Å². The van der Waals surface area contributed by atoms with Crippen molar-refractivity contribution in [3.8, 4) is 0 Å². The number of aryl methyl sites for hydroxylation is 1. The first-order valence-corrected chi connectivity index (χ1v) is 6.17. The zero-order valence-corrected chi connectivity index (χ0v) is 10.5. The van der Waals surface area contributed by atoms with Gasteiger partial charge in [0.2, 0.25) is 0 Å². The fraction of sp³-hybridized carbons (Fsp3) is 0.667. The minimum atomic E-state index is 0.425. The van der Waals surface area contributed by atoms with Crippen LogP contribution in [0.1, 0.15) is 25.1 Å². The Morgan fingerprint density at radius 1 is 1.41 bits per heavy atom. The van der Waals surface area contributed by atoms with Gasteiger partial charge in [0.05, 0.1) is 6.10 Å². The standard InChI is InChI=1S/C12H20N4O/c1-9-15-11(13-2)8-12(16-9)14-6-5-10-4-3-7-17-10/h8,10H,3-7H2,1-2H3,(H2,13,14,15,16). The molecule has 0 amide bonds. The summed E-state index contributed by atoms with van der Waals surface area (Å²) >= 11 is 0. The molecule has 0 spiro atoms. The number of rotatable bonds is 5. The van der Waals surface area contributed by atoms with Gasteiger partial charge in [-0.1, -0.05) is 0 Å². The number of ether oxygens (including phenoxy) is 1. The summed E-state index contributed by atoms with van der Waals surface area (Å²) < 4.78 is 5.57. The van der Waals surface area contributed by atoms with E-state index in [0.717, 1.165) is 37.0 Å². The quantitative estimate of drug-likeness (QED) is 0.816. The Morgan fingerprint density at radius 2 is 2.24 bits per heavy atom. The molecular weight excluding hydrogens is 216 g/mol. The van der Waals surface area contributed by atoms with Gasteiger partial charge in [0.25, 0.3) is 0 Å². The average Bonchev–Trinajstić information content (AvgIpc) is 2.81. The normalized spacial score (nSPS) is 19.3. The van der Waals surface area contributed by atoms with Crippen molar-refractivity contribution in [2.75, 3.05) is 30.8 Å². The Morgan fingerprint density at radius 3 is 2.94 bits per heavy atom. The Hall–Kier alpha value is -1.36. The second-order valence-electron chi connectivity index (χ2n) is 4.29. The van der Waals surface area contributed by atoms with Gasteiger partial charge in [-0.15, -0.1) is 0 Å². The summed E-state index contributed by atoms with van der Waals surface area (Å²) in [7, 11) is 1.86. The van der Waals surface area contributed by atoms with Gasteiger partial charge in [0, 0.05) is 26.3 Å². The SMILES string of the molecule is CNc1cc(NCCC2CCCO2)nc(C)n1. The maximum atomic E-state index is 5.57. The van der Waals surface area contributed by atoms with Gasteiger partial charge >= 0.3 is 0 Å². The molecule has 0 aliphatic carbocycles. The molecule has 1 aromatic rings. The monoisotopic (exact) mass is 236 g/mol. The molecular formula is C12H20N4O. The molecule has 1 saturated heterocycles. The zero-order valence-electron chi connectivity index (χ0n) is 10.5. The first-order valence-electron chi connectivity index (χ1n) is 6.17. The molecule has 1 aromatic heterocycles. The molecule has 17 heavy (non-hydrogen) atoms. The second-order valence-corrected chi connectivity index (χ2v) is 4.29. The van der Waals surface area contributed by atoms with Crippen molar-refractivity contribution >= 4 is 11.6 Å². The number of hydrogen-bond acceptors (Lipinski definition) is 5. The lowest BCUT2D eigenvalue weighted by atomic mass is 10.2. The van der Waals surface area contributed by atoms with Crippen LogP contribution in [0.15, 0.2) is 6.07 Å². The van der Waals surface area contributed by atoms with Gasteiger partial charge in [-0.25, -0.2) is 9.97 Å². The van der Waals surface area contributed by atoms with Crippen LogP contribution in [0.3, 0.4) is 0 Å². The van der Waals surface area contributed by atoms with Gasteiger partial charge < -0.3 is 15.4 Å². The zero-order chi connectivity index (χ0) is 12.1. The molecule has 2 N–H and O–H groups in total. The number of hydrogen-bond donors (Lipinski definition) is 2. The first kappa shape index (κ1) is 12.1. The molecule has 1 aliphatic rings. The largest absolute Gasteiger partial charge is 0.378 e. The van der Waals surface area contributed by atoms with Gasteiger partial charge in [0.15, 0.2) is 0 Å². The van der Waals surface area contributed by atoms with Crippen molar-refractivity contribution in [1.82, 2.24) is 9.97 Å². The molecule has 5 nitrogen and oxygen atoms in total. The van der Waals surface area contributed by atoms with Crippen LogP contribution in [0.4, 0.5) is 11.6 Å². The van der Waals surface area contributed by atoms with Gasteiger partial charge in [-0.05, 0) is 26.2 Å². The van der Waals surface area contributed by atoms with E-state index in [1.54, 1.807) is 0 Å². The second kappa shape index (κ2) is 5.82. The lowest BCUT2D eigenvalue weighted by molar-refractivity contribution is 0.107. The average molecular weight is 236 g/mol. The van der Waals surface area contributed by atoms with Crippen molar-refractivity contribution in [3.63, 3.8) is 0 Å². The van der Waals surface area contributed by atoms with E-state index in [1.807, 2.05) is 20.0 Å². The molecule has 0 aromatic carbocycles. The molecule has 1 fully saturated rings. The number of nitrogens with zero attached hydrogens (tertiary/aromatic N) is 2. The summed E-state index contributed by atoms with van der Waals surface area (Å²) in [6.45, 7) is 3.71. The maximum Gasteiger partial charge on any atom is 0.131 e. The maximum absolute atomic E-state index is 5.57. The van der Waals surface area contributed by atoms with Gasteiger partial charge in [-0.3, -0.25) is 0 Å². The lowest BCUT2D eigenvalue weighted by Gasteiger charge is -2.11. The van der Waals surface area contributed by atoms with E-state index in [9.17, 15) is 0 Å². The fourth-order valence-corrected chi connectivity index (χ4v) is 2.02. The smallest absolute Gasteiger partial charge is 0.131 e. The van der Waals surface area contributed by atoms with Crippen molar-refractivity contribution < 1.29 is 4.74 Å². The fourth-order valence-electron chi connectivity index (χ4n) is 2.02. The summed E-state index contributed by atoms with van der Waals surface area (Å²) in [6, 6.07) is 1.92. The van der Waals surface area contributed by atoms with Crippen LogP contribution in [0.2, 0.25) is 0 Å². The summed E-state index contributed by atoms with van der Waals surface area (Å²) in [6.07, 6.45) is 3.85. The Labute approximate surface area is 102 Å².